The second kappa shape index (κ2) is 5.82. The summed E-state index contributed by atoms with van der Waals surface area (Å²) >= 11 is 0. The van der Waals surface area contributed by atoms with Crippen LogP contribution in [0.25, 0.3) is 11.1 Å². The molecule has 2 heteroatoms. The maximum Gasteiger partial charge on any atom is 0.153 e. The zero-order valence-electron chi connectivity index (χ0n) is 10.0. The zero-order valence-corrected chi connectivity index (χ0v) is 10.0. The molecule has 2 aromatic rings. The molecule has 0 aliphatic heterocycles. The Balaban J connectivity index is 2.35. The number of hydrogen-bond donors (Lipinski definition) is 0. The van der Waals surface area contributed by atoms with Crippen LogP contribution in [0.1, 0.15) is 10.4 Å². The fraction of sp³-hybridized carbons (Fsp3) is 0.0625. The first kappa shape index (κ1) is 12.1. The van der Waals surface area contributed by atoms with E-state index < -0.39 is 0 Å². The third kappa shape index (κ3) is 2.66. The third-order valence-corrected chi connectivity index (χ3v) is 2.60. The summed E-state index contributed by atoms with van der Waals surface area (Å²) in [5.74, 6) is 0.588. The highest BCUT2D eigenvalue weighted by Crippen LogP contribution is 2.25. The molecule has 2 aromatic carbocycles. The van der Waals surface area contributed by atoms with Crippen molar-refractivity contribution in [3.05, 3.63) is 66.7 Å². The molecule has 0 aliphatic rings. The van der Waals surface area contributed by atoms with Gasteiger partial charge in [-0.15, -0.1) is 0 Å². The van der Waals surface area contributed by atoms with E-state index in [-0.39, 0.29) is 0 Å². The van der Waals surface area contributed by atoms with E-state index in [1.165, 1.54) is 0 Å². The van der Waals surface area contributed by atoms with Gasteiger partial charge in [-0.3, -0.25) is 4.79 Å². The van der Waals surface area contributed by atoms with Crippen molar-refractivity contribution in [3.8, 4) is 16.9 Å². The summed E-state index contributed by atoms with van der Waals surface area (Å²) < 4.78 is 5.42. The van der Waals surface area contributed by atoms with Crippen molar-refractivity contribution in [1.29, 1.82) is 0 Å². The molecular formula is C16H14O2. The number of rotatable bonds is 5. The molecule has 0 fully saturated rings. The van der Waals surface area contributed by atoms with Crippen LogP contribution in [-0.4, -0.2) is 12.9 Å². The number of carbonyl (C=O) groups excluding carboxylic acids is 1. The molecular weight excluding hydrogens is 224 g/mol. The molecule has 2 nitrogen and oxygen atoms in total. The second-order valence-electron chi connectivity index (χ2n) is 3.84. The van der Waals surface area contributed by atoms with Crippen LogP contribution >= 0.6 is 0 Å². The van der Waals surface area contributed by atoms with Crippen molar-refractivity contribution in [3.63, 3.8) is 0 Å². The van der Waals surface area contributed by atoms with Crippen molar-refractivity contribution in [1.82, 2.24) is 0 Å². The van der Waals surface area contributed by atoms with Crippen LogP contribution in [0.15, 0.2) is 61.2 Å². The minimum Gasteiger partial charge on any atom is -0.489 e. The van der Waals surface area contributed by atoms with Crippen LogP contribution < -0.4 is 4.74 Å². The lowest BCUT2D eigenvalue weighted by Crippen LogP contribution is -1.97. The summed E-state index contributed by atoms with van der Waals surface area (Å²) in [6.07, 6.45) is 2.46. The highest BCUT2D eigenvalue weighted by molar-refractivity contribution is 5.83. The number of carbonyl (C=O) groups is 1. The Morgan fingerprint density at radius 3 is 2.50 bits per heavy atom. The van der Waals surface area contributed by atoms with Crippen LogP contribution in [-0.2, 0) is 0 Å². The summed E-state index contributed by atoms with van der Waals surface area (Å²) in [5, 5.41) is 0. The maximum atomic E-state index is 11.1. The van der Waals surface area contributed by atoms with Gasteiger partial charge >= 0.3 is 0 Å². The largest absolute Gasteiger partial charge is 0.489 e. The Bertz CT molecular complexity index is 544. The molecule has 90 valence electrons. The Labute approximate surface area is 107 Å². The van der Waals surface area contributed by atoms with Crippen LogP contribution in [0.3, 0.4) is 0 Å². The van der Waals surface area contributed by atoms with Gasteiger partial charge in [-0.1, -0.05) is 49.1 Å². The Hall–Kier alpha value is -2.35. The van der Waals surface area contributed by atoms with Crippen molar-refractivity contribution in [2.24, 2.45) is 0 Å². The summed E-state index contributed by atoms with van der Waals surface area (Å²) in [6.45, 7) is 3.98. The Morgan fingerprint density at radius 1 is 1.06 bits per heavy atom. The monoisotopic (exact) mass is 238 g/mol. The molecule has 0 saturated carbocycles. The number of ether oxygens (including phenoxy) is 1. The lowest BCUT2D eigenvalue weighted by molar-refractivity contribution is 0.112. The molecule has 0 saturated heterocycles. The zero-order chi connectivity index (χ0) is 12.8. The van der Waals surface area contributed by atoms with Gasteiger partial charge in [0.2, 0.25) is 0 Å². The van der Waals surface area contributed by atoms with Gasteiger partial charge in [0, 0.05) is 0 Å². The smallest absolute Gasteiger partial charge is 0.153 e. The van der Waals surface area contributed by atoms with Gasteiger partial charge in [-0.25, -0.2) is 0 Å². The van der Waals surface area contributed by atoms with Gasteiger partial charge in [0.1, 0.15) is 12.4 Å². The quantitative estimate of drug-likeness (QED) is 0.586. The van der Waals surface area contributed by atoms with E-state index >= 15 is 0 Å². The first-order valence-corrected chi connectivity index (χ1v) is 5.73. The van der Waals surface area contributed by atoms with Crippen molar-refractivity contribution in [2.75, 3.05) is 6.61 Å². The fourth-order valence-electron chi connectivity index (χ4n) is 1.73. The van der Waals surface area contributed by atoms with Gasteiger partial charge in [0.15, 0.2) is 6.29 Å². The number of hydrogen-bond acceptors (Lipinski definition) is 2. The van der Waals surface area contributed by atoms with E-state index in [0.29, 0.717) is 17.9 Å². The van der Waals surface area contributed by atoms with E-state index in [1.54, 1.807) is 6.08 Å². The normalized spacial score (nSPS) is 9.78. The van der Waals surface area contributed by atoms with Crippen molar-refractivity contribution < 1.29 is 9.53 Å². The van der Waals surface area contributed by atoms with Gasteiger partial charge in [-0.2, -0.15) is 0 Å². The highest BCUT2D eigenvalue weighted by Gasteiger charge is 2.05. The van der Waals surface area contributed by atoms with E-state index in [1.807, 2.05) is 48.5 Å². The predicted octanol–water partition coefficient (Wildman–Crippen LogP) is 3.73. The topological polar surface area (TPSA) is 26.3 Å². The Morgan fingerprint density at radius 2 is 1.83 bits per heavy atom. The SMILES string of the molecule is C=CCOc1ccc(-c2ccccc2)cc1C=O. The summed E-state index contributed by atoms with van der Waals surface area (Å²) in [7, 11) is 0. The molecule has 0 spiro atoms. The van der Waals surface area contributed by atoms with Crippen LogP contribution in [0.2, 0.25) is 0 Å². The maximum absolute atomic E-state index is 11.1. The van der Waals surface area contributed by atoms with Crippen molar-refractivity contribution in [2.45, 2.75) is 0 Å². The van der Waals surface area contributed by atoms with Gasteiger partial charge < -0.3 is 4.74 Å². The first-order valence-electron chi connectivity index (χ1n) is 5.73. The van der Waals surface area contributed by atoms with Gasteiger partial charge in [0.05, 0.1) is 5.56 Å². The molecule has 0 radical (unpaired) electrons. The van der Waals surface area contributed by atoms with Gasteiger partial charge in [-0.05, 0) is 23.3 Å². The lowest BCUT2D eigenvalue weighted by atomic mass is 10.0. The molecule has 18 heavy (non-hydrogen) atoms. The summed E-state index contributed by atoms with van der Waals surface area (Å²) in [5.41, 5.74) is 2.64. The number of aldehydes is 1. The molecule has 0 atom stereocenters. The minimum absolute atomic E-state index is 0.394. The summed E-state index contributed by atoms with van der Waals surface area (Å²) in [6, 6.07) is 15.5. The number of benzene rings is 2. The van der Waals surface area contributed by atoms with E-state index in [9.17, 15) is 4.79 Å². The minimum atomic E-state index is 0.394. The second-order valence-corrected chi connectivity index (χ2v) is 3.84. The van der Waals surface area contributed by atoms with E-state index in [0.717, 1.165) is 17.4 Å². The van der Waals surface area contributed by atoms with Crippen LogP contribution in [0.5, 0.6) is 5.75 Å². The first-order chi connectivity index (χ1) is 8.85. The average Bonchev–Trinajstić information content (AvgIpc) is 2.46. The van der Waals surface area contributed by atoms with Gasteiger partial charge in [0.25, 0.3) is 0 Å². The highest BCUT2D eigenvalue weighted by atomic mass is 16.5. The van der Waals surface area contributed by atoms with Crippen LogP contribution in [0, 0.1) is 0 Å². The molecule has 0 amide bonds. The molecule has 0 N–H and O–H groups in total. The van der Waals surface area contributed by atoms with Crippen LogP contribution in [0.4, 0.5) is 0 Å². The standard InChI is InChI=1S/C16H14O2/c1-2-10-18-16-9-8-14(11-15(16)12-17)13-6-4-3-5-7-13/h2-9,11-12H,1,10H2. The molecule has 0 unspecified atom stereocenters. The molecule has 0 aliphatic carbocycles. The summed E-state index contributed by atoms with van der Waals surface area (Å²) in [4.78, 5) is 11.1. The molecule has 2 rings (SSSR count). The Kier molecular flexibility index (Phi) is 3.92. The predicted molar refractivity (Wildman–Crippen MR) is 73.0 cm³/mol. The third-order valence-electron chi connectivity index (χ3n) is 2.60. The van der Waals surface area contributed by atoms with E-state index in [2.05, 4.69) is 6.58 Å². The molecule has 0 bridgehead atoms. The molecule has 0 aromatic heterocycles. The van der Waals surface area contributed by atoms with E-state index in [4.69, 9.17) is 4.74 Å². The lowest BCUT2D eigenvalue weighted by Gasteiger charge is -2.08. The molecule has 0 heterocycles. The fourth-order valence-corrected chi connectivity index (χ4v) is 1.73. The van der Waals surface area contributed by atoms with Crippen molar-refractivity contribution >= 4 is 6.29 Å². The average molecular weight is 238 g/mol.